The molecular weight excluding hydrogens is 212 g/mol. The first-order chi connectivity index (χ1) is 7.70. The molecule has 0 bridgehead atoms. The van der Waals surface area contributed by atoms with E-state index in [1.165, 1.54) is 0 Å². The molecular formula is C10H18N2O4. The van der Waals surface area contributed by atoms with E-state index in [0.29, 0.717) is 12.8 Å². The lowest BCUT2D eigenvalue weighted by atomic mass is 10.2. The molecule has 0 unspecified atom stereocenters. The Bertz CT molecular complexity index is 241. The molecule has 0 amide bonds. The number of carbonyl (C=O) groups is 2. The van der Waals surface area contributed by atoms with Crippen molar-refractivity contribution in [1.82, 2.24) is 0 Å². The van der Waals surface area contributed by atoms with Crippen LogP contribution in [-0.4, -0.2) is 18.2 Å². The molecule has 0 spiro atoms. The van der Waals surface area contributed by atoms with Gasteiger partial charge in [-0.2, -0.15) is 5.90 Å². The van der Waals surface area contributed by atoms with E-state index in [-0.39, 0.29) is 12.8 Å². The van der Waals surface area contributed by atoms with Gasteiger partial charge in [0.25, 0.3) is 0 Å². The highest BCUT2D eigenvalue weighted by molar-refractivity contribution is 5.71. The predicted molar refractivity (Wildman–Crippen MR) is 58.2 cm³/mol. The van der Waals surface area contributed by atoms with Crippen molar-refractivity contribution in [3.8, 4) is 0 Å². The van der Waals surface area contributed by atoms with E-state index in [9.17, 15) is 9.59 Å². The van der Waals surface area contributed by atoms with Gasteiger partial charge in [-0.25, -0.2) is 4.79 Å². The zero-order valence-corrected chi connectivity index (χ0v) is 9.48. The Hall–Kier alpha value is -1.43. The van der Waals surface area contributed by atoms with Crippen molar-refractivity contribution in [2.45, 2.75) is 45.4 Å². The van der Waals surface area contributed by atoms with Crippen LogP contribution in [0.2, 0.25) is 0 Å². The van der Waals surface area contributed by atoms with Crippen LogP contribution in [0.1, 0.15) is 45.4 Å². The van der Waals surface area contributed by atoms with Crippen LogP contribution in [-0.2, 0) is 19.3 Å². The summed E-state index contributed by atoms with van der Waals surface area (Å²) in [5.41, 5.74) is 0. The van der Waals surface area contributed by atoms with E-state index < -0.39 is 11.9 Å². The van der Waals surface area contributed by atoms with Crippen molar-refractivity contribution in [3.63, 3.8) is 0 Å². The standard InChI is InChI=1S/C10H18N2O4/c1-2-3-8-12-16-10(14)7-5-4-6-9(13)15-11/h8H,2-7,11H2,1H3. The Morgan fingerprint density at radius 3 is 2.44 bits per heavy atom. The molecule has 6 nitrogen and oxygen atoms in total. The molecule has 0 rings (SSSR count). The topological polar surface area (TPSA) is 91.0 Å². The molecule has 0 aromatic carbocycles. The molecule has 0 radical (unpaired) electrons. The van der Waals surface area contributed by atoms with Crippen molar-refractivity contribution in [2.24, 2.45) is 11.1 Å². The smallest absolute Gasteiger partial charge is 0.334 e. The number of hydrogen-bond acceptors (Lipinski definition) is 6. The van der Waals surface area contributed by atoms with Crippen LogP contribution in [0.4, 0.5) is 0 Å². The van der Waals surface area contributed by atoms with Gasteiger partial charge in [0.15, 0.2) is 0 Å². The number of rotatable bonds is 8. The number of nitrogens with zero attached hydrogens (tertiary/aromatic N) is 1. The van der Waals surface area contributed by atoms with Crippen LogP contribution in [0.3, 0.4) is 0 Å². The summed E-state index contributed by atoms with van der Waals surface area (Å²) in [4.78, 5) is 30.2. The zero-order chi connectivity index (χ0) is 12.2. The van der Waals surface area contributed by atoms with Gasteiger partial charge in [-0.1, -0.05) is 18.5 Å². The first kappa shape index (κ1) is 14.6. The summed E-state index contributed by atoms with van der Waals surface area (Å²) in [6.45, 7) is 2.00. The lowest BCUT2D eigenvalue weighted by Gasteiger charge is -1.98. The van der Waals surface area contributed by atoms with Crippen LogP contribution < -0.4 is 5.90 Å². The number of nitrogens with two attached hydrogens (primary N) is 1. The predicted octanol–water partition coefficient (Wildman–Crippen LogP) is 1.29. The van der Waals surface area contributed by atoms with E-state index in [1.807, 2.05) is 6.92 Å². The second kappa shape index (κ2) is 10.1. The summed E-state index contributed by atoms with van der Waals surface area (Å²) in [6.07, 6.45) is 4.85. The van der Waals surface area contributed by atoms with Gasteiger partial charge in [0.1, 0.15) is 0 Å². The van der Waals surface area contributed by atoms with Gasteiger partial charge in [-0.3, -0.25) is 4.79 Å². The number of carbonyl (C=O) groups excluding carboxylic acids is 2. The monoisotopic (exact) mass is 230 g/mol. The molecule has 0 fully saturated rings. The number of unbranched alkanes of at least 4 members (excludes halogenated alkanes) is 2. The maximum atomic E-state index is 11.0. The average molecular weight is 230 g/mol. The van der Waals surface area contributed by atoms with Gasteiger partial charge in [-0.05, 0) is 19.3 Å². The first-order valence-electron chi connectivity index (χ1n) is 5.32. The minimum absolute atomic E-state index is 0.211. The number of oxime groups is 1. The van der Waals surface area contributed by atoms with Gasteiger partial charge < -0.3 is 9.68 Å². The minimum Gasteiger partial charge on any atom is -0.373 e. The van der Waals surface area contributed by atoms with Crippen LogP contribution in [0.5, 0.6) is 0 Å². The summed E-state index contributed by atoms with van der Waals surface area (Å²) in [6, 6.07) is 0. The van der Waals surface area contributed by atoms with Crippen LogP contribution in [0, 0.1) is 0 Å². The largest absolute Gasteiger partial charge is 0.373 e. The van der Waals surface area contributed by atoms with E-state index in [1.54, 1.807) is 6.21 Å². The van der Waals surface area contributed by atoms with Gasteiger partial charge in [-0.15, -0.1) is 0 Å². The SMILES string of the molecule is CCCC=NOC(=O)CCCCC(=O)ON. The molecule has 0 aliphatic carbocycles. The molecule has 0 heterocycles. The summed E-state index contributed by atoms with van der Waals surface area (Å²) < 4.78 is 0. The Labute approximate surface area is 94.7 Å². The highest BCUT2D eigenvalue weighted by Gasteiger charge is 2.04. The average Bonchev–Trinajstić information content (AvgIpc) is 2.30. The normalized spacial score (nSPS) is 10.4. The van der Waals surface area contributed by atoms with Gasteiger partial charge in [0, 0.05) is 19.1 Å². The fourth-order valence-electron chi connectivity index (χ4n) is 0.921. The van der Waals surface area contributed by atoms with Gasteiger partial charge in [0.2, 0.25) is 0 Å². The van der Waals surface area contributed by atoms with Crippen LogP contribution in [0.25, 0.3) is 0 Å². The second-order valence-electron chi connectivity index (χ2n) is 3.24. The molecule has 0 aromatic rings. The van der Waals surface area contributed by atoms with E-state index in [4.69, 9.17) is 0 Å². The molecule has 2 N–H and O–H groups in total. The second-order valence-corrected chi connectivity index (χ2v) is 3.24. The highest BCUT2D eigenvalue weighted by Crippen LogP contribution is 2.02. The lowest BCUT2D eigenvalue weighted by Crippen LogP contribution is -2.09. The van der Waals surface area contributed by atoms with Crippen molar-refractivity contribution in [1.29, 1.82) is 0 Å². The summed E-state index contributed by atoms with van der Waals surface area (Å²) in [5.74, 6) is 3.78. The number of hydrogen-bond donors (Lipinski definition) is 1. The van der Waals surface area contributed by atoms with Crippen molar-refractivity contribution >= 4 is 18.2 Å². The van der Waals surface area contributed by atoms with Crippen LogP contribution in [0.15, 0.2) is 5.16 Å². The van der Waals surface area contributed by atoms with Crippen LogP contribution >= 0.6 is 0 Å². The fourth-order valence-corrected chi connectivity index (χ4v) is 0.921. The third-order valence-corrected chi connectivity index (χ3v) is 1.79. The van der Waals surface area contributed by atoms with E-state index in [0.717, 1.165) is 12.8 Å². The molecule has 6 heteroatoms. The summed E-state index contributed by atoms with van der Waals surface area (Å²) in [7, 11) is 0. The molecule has 0 saturated heterocycles. The molecule has 92 valence electrons. The molecule has 0 atom stereocenters. The van der Waals surface area contributed by atoms with E-state index >= 15 is 0 Å². The Morgan fingerprint density at radius 2 is 1.88 bits per heavy atom. The quantitative estimate of drug-likeness (QED) is 0.293. The summed E-state index contributed by atoms with van der Waals surface area (Å²) >= 11 is 0. The Balaban J connectivity index is 3.40. The molecule has 0 aromatic heterocycles. The maximum absolute atomic E-state index is 11.0. The maximum Gasteiger partial charge on any atom is 0.334 e. The zero-order valence-electron chi connectivity index (χ0n) is 9.48. The van der Waals surface area contributed by atoms with Gasteiger partial charge in [0.05, 0.1) is 0 Å². The first-order valence-corrected chi connectivity index (χ1v) is 5.32. The fraction of sp³-hybridized carbons (Fsp3) is 0.700. The third kappa shape index (κ3) is 9.14. The van der Waals surface area contributed by atoms with Crippen molar-refractivity contribution in [3.05, 3.63) is 0 Å². The highest BCUT2D eigenvalue weighted by atomic mass is 16.7. The molecule has 16 heavy (non-hydrogen) atoms. The molecule has 0 saturated carbocycles. The molecule has 0 aliphatic heterocycles. The molecule has 0 aliphatic rings. The van der Waals surface area contributed by atoms with Gasteiger partial charge >= 0.3 is 11.9 Å². The lowest BCUT2D eigenvalue weighted by molar-refractivity contribution is -0.146. The van der Waals surface area contributed by atoms with Crippen molar-refractivity contribution in [2.75, 3.05) is 0 Å². The Kier molecular flexibility index (Phi) is 9.20. The Morgan fingerprint density at radius 1 is 1.25 bits per heavy atom. The third-order valence-electron chi connectivity index (χ3n) is 1.79. The minimum atomic E-state index is -0.477. The summed E-state index contributed by atoms with van der Waals surface area (Å²) in [5, 5.41) is 3.50. The van der Waals surface area contributed by atoms with E-state index in [2.05, 4.69) is 20.7 Å². The van der Waals surface area contributed by atoms with Crippen molar-refractivity contribution < 1.29 is 19.3 Å².